The van der Waals surface area contributed by atoms with Crippen LogP contribution in [-0.4, -0.2) is 15.9 Å². The second kappa shape index (κ2) is 6.53. The normalized spacial score (nSPS) is 12.4. The largest absolute Gasteiger partial charge is 0.311 e. The van der Waals surface area contributed by atoms with Gasteiger partial charge in [0.15, 0.2) is 4.96 Å². The fraction of sp³-hybridized carbons (Fsp3) is 0.667. The summed E-state index contributed by atoms with van der Waals surface area (Å²) in [6.45, 7) is 8.88. The predicted molar refractivity (Wildman–Crippen MR) is 82.7 cm³/mol. The predicted octanol–water partition coefficient (Wildman–Crippen LogP) is 4.09. The van der Waals surface area contributed by atoms with Crippen molar-refractivity contribution in [3.8, 4) is 0 Å². The second-order valence-electron chi connectivity index (χ2n) is 6.05. The van der Waals surface area contributed by atoms with Crippen molar-refractivity contribution < 1.29 is 0 Å². The zero-order valence-electron chi connectivity index (χ0n) is 12.3. The standard InChI is InChI=1S/C15H25N3S/c1-4-5-6-7-15(2,3)12-16-10-13-11-18-8-9-19-14(18)17-13/h8-9,11,16H,4-7,10,12H2,1-3H3. The maximum absolute atomic E-state index is 4.59. The van der Waals surface area contributed by atoms with Gasteiger partial charge in [0.25, 0.3) is 0 Å². The van der Waals surface area contributed by atoms with E-state index >= 15 is 0 Å². The van der Waals surface area contributed by atoms with Gasteiger partial charge in [0.05, 0.1) is 5.69 Å². The van der Waals surface area contributed by atoms with Gasteiger partial charge in [-0.05, 0) is 11.8 Å². The third-order valence-corrected chi connectivity index (χ3v) is 4.28. The Labute approximate surface area is 120 Å². The van der Waals surface area contributed by atoms with Crippen LogP contribution in [-0.2, 0) is 6.54 Å². The average Bonchev–Trinajstić information content (AvgIpc) is 2.89. The third kappa shape index (κ3) is 4.32. The van der Waals surface area contributed by atoms with Crippen molar-refractivity contribution >= 4 is 16.3 Å². The lowest BCUT2D eigenvalue weighted by atomic mass is 9.87. The number of fused-ring (bicyclic) bond motifs is 1. The number of imidazole rings is 1. The minimum atomic E-state index is 0.381. The average molecular weight is 279 g/mol. The molecule has 2 heterocycles. The molecule has 2 aromatic rings. The molecule has 0 bridgehead atoms. The van der Waals surface area contributed by atoms with E-state index in [4.69, 9.17) is 0 Å². The van der Waals surface area contributed by atoms with Crippen LogP contribution in [0.3, 0.4) is 0 Å². The van der Waals surface area contributed by atoms with Crippen molar-refractivity contribution in [2.75, 3.05) is 6.54 Å². The summed E-state index contributed by atoms with van der Waals surface area (Å²) in [5, 5.41) is 5.61. The molecule has 0 unspecified atom stereocenters. The maximum atomic E-state index is 4.59. The summed E-state index contributed by atoms with van der Waals surface area (Å²) in [4.78, 5) is 5.67. The molecule has 19 heavy (non-hydrogen) atoms. The Morgan fingerprint density at radius 2 is 2.21 bits per heavy atom. The van der Waals surface area contributed by atoms with Crippen molar-refractivity contribution in [2.24, 2.45) is 5.41 Å². The molecule has 0 saturated heterocycles. The van der Waals surface area contributed by atoms with Gasteiger partial charge >= 0.3 is 0 Å². The Hall–Kier alpha value is -0.870. The van der Waals surface area contributed by atoms with Gasteiger partial charge in [0.1, 0.15) is 0 Å². The van der Waals surface area contributed by atoms with Crippen LogP contribution in [0.25, 0.3) is 4.96 Å². The monoisotopic (exact) mass is 279 g/mol. The molecule has 4 heteroatoms. The van der Waals surface area contributed by atoms with Crippen LogP contribution in [0.1, 0.15) is 52.1 Å². The fourth-order valence-corrected chi connectivity index (χ4v) is 3.05. The highest BCUT2D eigenvalue weighted by Crippen LogP contribution is 2.22. The number of hydrogen-bond acceptors (Lipinski definition) is 3. The molecule has 0 aliphatic rings. The quantitative estimate of drug-likeness (QED) is 0.737. The number of aromatic nitrogens is 2. The zero-order valence-corrected chi connectivity index (χ0v) is 13.1. The summed E-state index contributed by atoms with van der Waals surface area (Å²) < 4.78 is 2.09. The highest BCUT2D eigenvalue weighted by Gasteiger charge is 2.16. The van der Waals surface area contributed by atoms with Gasteiger partial charge in [0, 0.05) is 30.9 Å². The molecular formula is C15H25N3S. The van der Waals surface area contributed by atoms with Crippen LogP contribution in [0.4, 0.5) is 0 Å². The van der Waals surface area contributed by atoms with Crippen LogP contribution in [0.2, 0.25) is 0 Å². The topological polar surface area (TPSA) is 29.3 Å². The summed E-state index contributed by atoms with van der Waals surface area (Å²) in [6, 6.07) is 0. The fourth-order valence-electron chi connectivity index (χ4n) is 2.33. The van der Waals surface area contributed by atoms with Crippen LogP contribution in [0, 0.1) is 5.41 Å². The number of nitrogens with one attached hydrogen (secondary N) is 1. The summed E-state index contributed by atoms with van der Waals surface area (Å²) in [7, 11) is 0. The molecular weight excluding hydrogens is 254 g/mol. The maximum Gasteiger partial charge on any atom is 0.193 e. The minimum absolute atomic E-state index is 0.381. The molecule has 0 aliphatic heterocycles. The lowest BCUT2D eigenvalue weighted by Crippen LogP contribution is -2.29. The molecule has 0 radical (unpaired) electrons. The van der Waals surface area contributed by atoms with Crippen LogP contribution < -0.4 is 5.32 Å². The Morgan fingerprint density at radius 1 is 1.37 bits per heavy atom. The smallest absolute Gasteiger partial charge is 0.193 e. The van der Waals surface area contributed by atoms with Gasteiger partial charge in [0.2, 0.25) is 0 Å². The first-order valence-corrected chi connectivity index (χ1v) is 8.10. The van der Waals surface area contributed by atoms with Gasteiger partial charge in [-0.3, -0.25) is 4.40 Å². The van der Waals surface area contributed by atoms with E-state index in [0.717, 1.165) is 23.7 Å². The molecule has 2 rings (SSSR count). The van der Waals surface area contributed by atoms with E-state index < -0.39 is 0 Å². The van der Waals surface area contributed by atoms with Crippen molar-refractivity contribution in [3.63, 3.8) is 0 Å². The van der Waals surface area contributed by atoms with E-state index in [1.54, 1.807) is 11.3 Å². The molecule has 0 spiro atoms. The number of nitrogens with zero attached hydrogens (tertiary/aromatic N) is 2. The molecule has 3 nitrogen and oxygen atoms in total. The number of hydrogen-bond donors (Lipinski definition) is 1. The molecule has 2 aromatic heterocycles. The molecule has 0 aromatic carbocycles. The van der Waals surface area contributed by atoms with Gasteiger partial charge in [-0.1, -0.05) is 40.0 Å². The summed E-state index contributed by atoms with van der Waals surface area (Å²) in [5.74, 6) is 0. The molecule has 0 fully saturated rings. The molecule has 106 valence electrons. The van der Waals surface area contributed by atoms with Gasteiger partial charge in [-0.2, -0.15) is 0 Å². The van der Waals surface area contributed by atoms with Gasteiger partial charge in [-0.15, -0.1) is 11.3 Å². The van der Waals surface area contributed by atoms with Crippen LogP contribution >= 0.6 is 11.3 Å². The summed E-state index contributed by atoms with van der Waals surface area (Å²) in [5.41, 5.74) is 1.52. The first kappa shape index (κ1) is 14.5. The van der Waals surface area contributed by atoms with E-state index in [1.807, 2.05) is 0 Å². The Kier molecular flexibility index (Phi) is 4.99. The first-order chi connectivity index (χ1) is 9.11. The second-order valence-corrected chi connectivity index (χ2v) is 6.92. The van der Waals surface area contributed by atoms with Crippen molar-refractivity contribution in [1.82, 2.24) is 14.7 Å². The SMILES string of the molecule is CCCCCC(C)(C)CNCc1cn2ccsc2n1. The van der Waals surface area contributed by atoms with Gasteiger partial charge < -0.3 is 5.32 Å². The Bertz CT molecular complexity index is 470. The van der Waals surface area contributed by atoms with E-state index in [2.05, 4.69) is 53.2 Å². The third-order valence-electron chi connectivity index (χ3n) is 3.51. The molecule has 0 aliphatic carbocycles. The Balaban J connectivity index is 1.74. The summed E-state index contributed by atoms with van der Waals surface area (Å²) >= 11 is 1.68. The molecule has 0 saturated carbocycles. The molecule has 0 amide bonds. The first-order valence-electron chi connectivity index (χ1n) is 7.22. The van der Waals surface area contributed by atoms with E-state index in [-0.39, 0.29) is 0 Å². The number of rotatable bonds is 8. The van der Waals surface area contributed by atoms with Crippen molar-refractivity contribution in [1.29, 1.82) is 0 Å². The molecule has 0 atom stereocenters. The number of unbranched alkanes of at least 4 members (excludes halogenated alkanes) is 2. The minimum Gasteiger partial charge on any atom is -0.311 e. The number of thiazole rings is 1. The summed E-state index contributed by atoms with van der Waals surface area (Å²) in [6.07, 6.45) is 9.46. The highest BCUT2D eigenvalue weighted by atomic mass is 32.1. The highest BCUT2D eigenvalue weighted by molar-refractivity contribution is 7.15. The van der Waals surface area contributed by atoms with E-state index in [0.29, 0.717) is 5.41 Å². The van der Waals surface area contributed by atoms with Crippen LogP contribution in [0.15, 0.2) is 17.8 Å². The van der Waals surface area contributed by atoms with E-state index in [9.17, 15) is 0 Å². The van der Waals surface area contributed by atoms with Crippen molar-refractivity contribution in [3.05, 3.63) is 23.5 Å². The van der Waals surface area contributed by atoms with E-state index in [1.165, 1.54) is 25.7 Å². The molecule has 1 N–H and O–H groups in total. The Morgan fingerprint density at radius 3 is 2.95 bits per heavy atom. The van der Waals surface area contributed by atoms with Crippen molar-refractivity contribution in [2.45, 2.75) is 53.0 Å². The van der Waals surface area contributed by atoms with Gasteiger partial charge in [-0.25, -0.2) is 4.98 Å². The lowest BCUT2D eigenvalue weighted by Gasteiger charge is -2.24. The zero-order chi connectivity index (χ0) is 13.7. The van der Waals surface area contributed by atoms with Crippen LogP contribution in [0.5, 0.6) is 0 Å². The lowest BCUT2D eigenvalue weighted by molar-refractivity contribution is 0.301.